The van der Waals surface area contributed by atoms with Crippen LogP contribution in [0.15, 0.2) is 24.3 Å². The van der Waals surface area contributed by atoms with Crippen LogP contribution < -0.4 is 9.64 Å². The molecule has 1 N–H and O–H groups in total. The van der Waals surface area contributed by atoms with Crippen LogP contribution in [0.4, 0.5) is 5.69 Å². The fourth-order valence-electron chi connectivity index (χ4n) is 2.60. The van der Waals surface area contributed by atoms with Crippen LogP contribution in [0, 0.1) is 5.92 Å². The Morgan fingerprint density at radius 1 is 1.44 bits per heavy atom. The second-order valence-corrected chi connectivity index (χ2v) is 5.14. The average molecular weight is 249 g/mol. The molecule has 18 heavy (non-hydrogen) atoms. The number of para-hydroxylation sites is 2. The third-order valence-corrected chi connectivity index (χ3v) is 3.79. The molecule has 0 saturated carbocycles. The van der Waals surface area contributed by atoms with Gasteiger partial charge in [0.05, 0.1) is 12.8 Å². The fourth-order valence-corrected chi connectivity index (χ4v) is 2.60. The number of hydrogen-bond donors (Lipinski definition) is 1. The molecule has 1 aliphatic heterocycles. The molecular formula is C14H19NO3. The van der Waals surface area contributed by atoms with Gasteiger partial charge in [0.1, 0.15) is 5.75 Å². The van der Waals surface area contributed by atoms with Gasteiger partial charge in [-0.1, -0.05) is 12.1 Å². The Hall–Kier alpha value is -1.55. The van der Waals surface area contributed by atoms with Crippen LogP contribution in [-0.4, -0.2) is 30.3 Å². The van der Waals surface area contributed by atoms with E-state index >= 15 is 0 Å². The number of rotatable bonds is 3. The van der Waals surface area contributed by atoms with Crippen LogP contribution in [0.5, 0.6) is 5.75 Å². The number of carbonyl (C=O) groups excluding carboxylic acids is 1. The van der Waals surface area contributed by atoms with Gasteiger partial charge in [0.2, 0.25) is 5.91 Å². The van der Waals surface area contributed by atoms with Crippen molar-refractivity contribution in [3.63, 3.8) is 0 Å². The lowest BCUT2D eigenvalue weighted by molar-refractivity contribution is -0.117. The lowest BCUT2D eigenvalue weighted by Crippen LogP contribution is -2.45. The molecule has 0 aliphatic carbocycles. The highest BCUT2D eigenvalue weighted by Crippen LogP contribution is 2.42. The second-order valence-electron chi connectivity index (χ2n) is 5.14. The van der Waals surface area contributed by atoms with Gasteiger partial charge in [0.25, 0.3) is 0 Å². The first kappa shape index (κ1) is 12.9. The van der Waals surface area contributed by atoms with Crippen molar-refractivity contribution < 1.29 is 14.6 Å². The van der Waals surface area contributed by atoms with Crippen LogP contribution in [0.3, 0.4) is 0 Å². The molecule has 0 bridgehead atoms. The third kappa shape index (κ3) is 1.86. The summed E-state index contributed by atoms with van der Waals surface area (Å²) in [5.41, 5.74) is 0.367. The summed E-state index contributed by atoms with van der Waals surface area (Å²) in [6.45, 7) is 3.97. The SMILES string of the molecule is COc1ccccc1N1C(=O)CC(CO)C1(C)C. The molecule has 1 aliphatic rings. The topological polar surface area (TPSA) is 49.8 Å². The summed E-state index contributed by atoms with van der Waals surface area (Å²) in [7, 11) is 1.59. The number of ether oxygens (including phenoxy) is 1. The zero-order valence-electron chi connectivity index (χ0n) is 11.0. The molecule has 1 unspecified atom stereocenters. The minimum absolute atomic E-state index is 0.0182. The van der Waals surface area contributed by atoms with E-state index in [0.29, 0.717) is 12.2 Å². The van der Waals surface area contributed by atoms with Gasteiger partial charge in [-0.25, -0.2) is 0 Å². The number of aliphatic hydroxyl groups is 1. The quantitative estimate of drug-likeness (QED) is 0.889. The van der Waals surface area contributed by atoms with Crippen molar-refractivity contribution >= 4 is 11.6 Å². The molecule has 1 amide bonds. The van der Waals surface area contributed by atoms with E-state index in [0.717, 1.165) is 5.69 Å². The van der Waals surface area contributed by atoms with E-state index < -0.39 is 5.54 Å². The van der Waals surface area contributed by atoms with Gasteiger partial charge in [-0.05, 0) is 26.0 Å². The van der Waals surface area contributed by atoms with E-state index in [2.05, 4.69) is 0 Å². The van der Waals surface area contributed by atoms with Crippen molar-refractivity contribution in [2.45, 2.75) is 25.8 Å². The molecule has 1 saturated heterocycles. The van der Waals surface area contributed by atoms with Crippen molar-refractivity contribution in [2.75, 3.05) is 18.6 Å². The van der Waals surface area contributed by atoms with E-state index in [4.69, 9.17) is 4.74 Å². The van der Waals surface area contributed by atoms with Crippen LogP contribution in [-0.2, 0) is 4.79 Å². The molecule has 1 fully saturated rings. The standard InChI is InChI=1S/C14H19NO3/c1-14(2)10(9-16)8-13(17)15(14)11-6-4-5-7-12(11)18-3/h4-7,10,16H,8-9H2,1-3H3. The van der Waals surface area contributed by atoms with E-state index in [1.165, 1.54) is 0 Å². The number of carbonyl (C=O) groups is 1. The minimum atomic E-state index is -0.402. The summed E-state index contributed by atoms with van der Waals surface area (Å²) in [6, 6.07) is 7.47. The summed E-state index contributed by atoms with van der Waals surface area (Å²) in [5, 5.41) is 9.40. The minimum Gasteiger partial charge on any atom is -0.495 e. The molecule has 1 atom stereocenters. The van der Waals surface area contributed by atoms with Gasteiger partial charge in [0, 0.05) is 24.5 Å². The third-order valence-electron chi connectivity index (χ3n) is 3.79. The van der Waals surface area contributed by atoms with Crippen molar-refractivity contribution in [3.8, 4) is 5.75 Å². The molecule has 1 aromatic carbocycles. The lowest BCUT2D eigenvalue weighted by Gasteiger charge is -2.35. The Bertz CT molecular complexity index is 456. The number of hydrogen-bond acceptors (Lipinski definition) is 3. The normalized spacial score (nSPS) is 22.3. The smallest absolute Gasteiger partial charge is 0.228 e. The first-order chi connectivity index (χ1) is 8.52. The van der Waals surface area contributed by atoms with E-state index in [1.54, 1.807) is 12.0 Å². The van der Waals surface area contributed by atoms with Gasteiger partial charge in [-0.2, -0.15) is 0 Å². The Morgan fingerprint density at radius 3 is 2.67 bits per heavy atom. The van der Waals surface area contributed by atoms with Crippen LogP contribution >= 0.6 is 0 Å². The Labute approximate surface area is 107 Å². The van der Waals surface area contributed by atoms with Gasteiger partial charge >= 0.3 is 0 Å². The number of aliphatic hydroxyl groups excluding tert-OH is 1. The molecule has 0 spiro atoms. The number of amides is 1. The van der Waals surface area contributed by atoms with Crippen molar-refractivity contribution in [1.29, 1.82) is 0 Å². The van der Waals surface area contributed by atoms with Gasteiger partial charge in [-0.3, -0.25) is 4.79 Å². The first-order valence-corrected chi connectivity index (χ1v) is 6.09. The largest absolute Gasteiger partial charge is 0.495 e. The van der Waals surface area contributed by atoms with Crippen molar-refractivity contribution in [2.24, 2.45) is 5.92 Å². The molecule has 1 heterocycles. The molecule has 0 radical (unpaired) electrons. The molecule has 1 aromatic rings. The van der Waals surface area contributed by atoms with E-state index in [-0.39, 0.29) is 18.4 Å². The summed E-state index contributed by atoms with van der Waals surface area (Å²) in [6.07, 6.45) is 0.377. The summed E-state index contributed by atoms with van der Waals surface area (Å²) in [4.78, 5) is 13.9. The summed E-state index contributed by atoms with van der Waals surface area (Å²) >= 11 is 0. The first-order valence-electron chi connectivity index (χ1n) is 6.09. The van der Waals surface area contributed by atoms with Crippen molar-refractivity contribution in [1.82, 2.24) is 0 Å². The maximum absolute atomic E-state index is 12.2. The lowest BCUT2D eigenvalue weighted by atomic mass is 9.89. The number of methoxy groups -OCH3 is 1. The Morgan fingerprint density at radius 2 is 2.11 bits per heavy atom. The Balaban J connectivity index is 2.46. The monoisotopic (exact) mass is 249 g/mol. The summed E-state index contributed by atoms with van der Waals surface area (Å²) < 4.78 is 5.31. The number of nitrogens with zero attached hydrogens (tertiary/aromatic N) is 1. The van der Waals surface area contributed by atoms with E-state index in [9.17, 15) is 9.90 Å². The predicted molar refractivity (Wildman–Crippen MR) is 69.8 cm³/mol. The van der Waals surface area contributed by atoms with Gasteiger partial charge in [0.15, 0.2) is 0 Å². The highest BCUT2D eigenvalue weighted by Gasteiger charge is 2.47. The maximum Gasteiger partial charge on any atom is 0.228 e. The van der Waals surface area contributed by atoms with Gasteiger partial charge < -0.3 is 14.7 Å². The number of benzene rings is 1. The van der Waals surface area contributed by atoms with Crippen LogP contribution in [0.1, 0.15) is 20.3 Å². The molecule has 2 rings (SSSR count). The highest BCUT2D eigenvalue weighted by molar-refractivity contribution is 5.99. The predicted octanol–water partition coefficient (Wildman–Crippen LogP) is 1.82. The highest BCUT2D eigenvalue weighted by atomic mass is 16.5. The second kappa shape index (κ2) is 4.61. The maximum atomic E-state index is 12.2. The molecular weight excluding hydrogens is 230 g/mol. The zero-order chi connectivity index (χ0) is 13.3. The molecule has 0 aromatic heterocycles. The Kier molecular flexibility index (Phi) is 3.30. The molecule has 4 nitrogen and oxygen atoms in total. The molecule has 4 heteroatoms. The number of anilines is 1. The zero-order valence-corrected chi connectivity index (χ0v) is 11.0. The molecule has 98 valence electrons. The van der Waals surface area contributed by atoms with Crippen LogP contribution in [0.2, 0.25) is 0 Å². The average Bonchev–Trinajstić information content (AvgIpc) is 2.58. The van der Waals surface area contributed by atoms with Gasteiger partial charge in [-0.15, -0.1) is 0 Å². The fraction of sp³-hybridized carbons (Fsp3) is 0.500. The van der Waals surface area contributed by atoms with Crippen LogP contribution in [0.25, 0.3) is 0 Å². The van der Waals surface area contributed by atoms with E-state index in [1.807, 2.05) is 38.1 Å². The summed E-state index contributed by atoms with van der Waals surface area (Å²) in [5.74, 6) is 0.663. The van der Waals surface area contributed by atoms with Crippen molar-refractivity contribution in [3.05, 3.63) is 24.3 Å².